The number of rotatable bonds is 4. The van der Waals surface area contributed by atoms with Crippen LogP contribution in [0.1, 0.15) is 19.3 Å². The fourth-order valence-corrected chi connectivity index (χ4v) is 3.83. The van der Waals surface area contributed by atoms with E-state index in [1.54, 1.807) is 7.05 Å². The highest BCUT2D eigenvalue weighted by molar-refractivity contribution is 7.86. The largest absolute Gasteiger partial charge is 0.379 e. The number of ether oxygens (including phenoxy) is 1. The van der Waals surface area contributed by atoms with Crippen LogP contribution in [0.5, 0.6) is 0 Å². The second-order valence-electron chi connectivity index (χ2n) is 4.95. The highest BCUT2D eigenvalue weighted by atomic mass is 32.2. The molecule has 0 aromatic carbocycles. The average Bonchev–Trinajstić information content (AvgIpc) is 2.41. The summed E-state index contributed by atoms with van der Waals surface area (Å²) in [5.41, 5.74) is 0. The summed E-state index contributed by atoms with van der Waals surface area (Å²) in [6, 6.07) is 0.291. The van der Waals surface area contributed by atoms with Gasteiger partial charge in [0, 0.05) is 32.7 Å². The number of hydrogen-bond acceptors (Lipinski definition) is 4. The number of nitrogens with zero attached hydrogens (tertiary/aromatic N) is 2. The molecule has 2 saturated heterocycles. The third-order valence-electron chi connectivity index (χ3n) is 3.58. The minimum absolute atomic E-state index is 0.291. The van der Waals surface area contributed by atoms with Crippen LogP contribution in [0.25, 0.3) is 0 Å². The second-order valence-corrected chi connectivity index (χ2v) is 6.98. The molecular weight excluding hydrogens is 254 g/mol. The lowest BCUT2D eigenvalue weighted by molar-refractivity contribution is 0.0704. The van der Waals surface area contributed by atoms with Crippen LogP contribution >= 0.6 is 0 Å². The minimum Gasteiger partial charge on any atom is -0.379 e. The molecule has 2 rings (SSSR count). The van der Waals surface area contributed by atoms with Gasteiger partial charge >= 0.3 is 0 Å². The van der Waals surface area contributed by atoms with E-state index in [1.807, 2.05) is 0 Å². The zero-order valence-electron chi connectivity index (χ0n) is 11.0. The predicted octanol–water partition coefficient (Wildman–Crippen LogP) is -0.363. The van der Waals surface area contributed by atoms with Crippen LogP contribution in [-0.4, -0.2) is 69.5 Å². The molecule has 2 fully saturated rings. The zero-order chi connectivity index (χ0) is 13.0. The van der Waals surface area contributed by atoms with Crippen molar-refractivity contribution in [3.8, 4) is 0 Å². The molecule has 0 bridgehead atoms. The van der Waals surface area contributed by atoms with E-state index in [9.17, 15) is 8.42 Å². The van der Waals surface area contributed by atoms with E-state index in [4.69, 9.17) is 4.74 Å². The van der Waals surface area contributed by atoms with Crippen LogP contribution in [0, 0.1) is 0 Å². The van der Waals surface area contributed by atoms with E-state index >= 15 is 0 Å². The fraction of sp³-hybridized carbons (Fsp3) is 1.00. The van der Waals surface area contributed by atoms with Crippen molar-refractivity contribution < 1.29 is 13.2 Å². The summed E-state index contributed by atoms with van der Waals surface area (Å²) in [4.78, 5) is 0. The molecule has 106 valence electrons. The molecule has 6 nitrogen and oxygen atoms in total. The maximum atomic E-state index is 12.3. The lowest BCUT2D eigenvalue weighted by Crippen LogP contribution is -2.51. The van der Waals surface area contributed by atoms with Gasteiger partial charge in [0.1, 0.15) is 0 Å². The van der Waals surface area contributed by atoms with Crippen LogP contribution in [0.15, 0.2) is 0 Å². The molecule has 18 heavy (non-hydrogen) atoms. The van der Waals surface area contributed by atoms with E-state index in [0.29, 0.717) is 38.9 Å². The zero-order valence-corrected chi connectivity index (χ0v) is 11.8. The first-order valence-corrected chi connectivity index (χ1v) is 8.03. The van der Waals surface area contributed by atoms with Crippen LogP contribution < -0.4 is 5.32 Å². The lowest BCUT2D eigenvalue weighted by atomic mass is 10.1. The van der Waals surface area contributed by atoms with Gasteiger partial charge in [0.15, 0.2) is 0 Å². The average molecular weight is 277 g/mol. The van der Waals surface area contributed by atoms with Crippen molar-refractivity contribution in [3.05, 3.63) is 0 Å². The van der Waals surface area contributed by atoms with Gasteiger partial charge in [-0.05, 0) is 19.4 Å². The van der Waals surface area contributed by atoms with E-state index in [1.165, 1.54) is 21.5 Å². The summed E-state index contributed by atoms with van der Waals surface area (Å²) < 4.78 is 32.8. The predicted molar refractivity (Wildman–Crippen MR) is 69.6 cm³/mol. The van der Waals surface area contributed by atoms with E-state index in [2.05, 4.69) is 5.32 Å². The van der Waals surface area contributed by atoms with Crippen LogP contribution in [0.3, 0.4) is 0 Å². The summed E-state index contributed by atoms with van der Waals surface area (Å²) in [6.07, 6.45) is 3.43. The van der Waals surface area contributed by atoms with Gasteiger partial charge in [-0.2, -0.15) is 17.0 Å². The molecule has 1 unspecified atom stereocenters. The third kappa shape index (κ3) is 3.42. The molecule has 2 heterocycles. The van der Waals surface area contributed by atoms with Crippen LogP contribution in [0.2, 0.25) is 0 Å². The van der Waals surface area contributed by atoms with Crippen molar-refractivity contribution >= 4 is 10.2 Å². The SMILES string of the molecule is CN(CC1CCCCN1)S(=O)(=O)N1CCOCC1. The molecule has 0 aliphatic carbocycles. The maximum absolute atomic E-state index is 12.3. The lowest BCUT2D eigenvalue weighted by Gasteiger charge is -2.33. The molecule has 1 N–H and O–H groups in total. The van der Waals surface area contributed by atoms with Crippen molar-refractivity contribution in [2.45, 2.75) is 25.3 Å². The standard InChI is InChI=1S/C11H23N3O3S/c1-13(10-11-4-2-3-5-12-11)18(15,16)14-6-8-17-9-7-14/h11-12H,2-10H2,1H3. The minimum atomic E-state index is -3.31. The van der Waals surface area contributed by atoms with Crippen LogP contribution in [0.4, 0.5) is 0 Å². The topological polar surface area (TPSA) is 61.9 Å². The molecule has 0 radical (unpaired) electrons. The molecule has 0 amide bonds. The number of morpholine rings is 1. The first-order chi connectivity index (χ1) is 8.60. The normalized spacial score (nSPS) is 27.6. The Kier molecular flexibility index (Phi) is 4.97. The van der Waals surface area contributed by atoms with Crippen molar-refractivity contribution in [1.82, 2.24) is 13.9 Å². The van der Waals surface area contributed by atoms with Gasteiger partial charge in [0.05, 0.1) is 13.2 Å². The Labute approximate surface area is 109 Å². The molecular formula is C11H23N3O3S. The van der Waals surface area contributed by atoms with Crippen molar-refractivity contribution in [2.24, 2.45) is 0 Å². The Bertz CT molecular complexity index is 349. The number of nitrogens with one attached hydrogen (secondary N) is 1. The molecule has 0 spiro atoms. The molecule has 2 aliphatic rings. The fourth-order valence-electron chi connectivity index (χ4n) is 2.46. The van der Waals surface area contributed by atoms with Gasteiger partial charge in [0.2, 0.25) is 0 Å². The Morgan fingerprint density at radius 2 is 2.06 bits per heavy atom. The molecule has 0 aromatic rings. The Hall–Kier alpha value is -0.210. The summed E-state index contributed by atoms with van der Waals surface area (Å²) in [5.74, 6) is 0. The first-order valence-electron chi connectivity index (χ1n) is 6.63. The first kappa shape index (κ1) is 14.2. The number of likely N-dealkylation sites (N-methyl/N-ethyl adjacent to an activating group) is 1. The monoisotopic (exact) mass is 277 g/mol. The number of hydrogen-bond donors (Lipinski definition) is 1. The highest BCUT2D eigenvalue weighted by Crippen LogP contribution is 2.13. The van der Waals surface area contributed by atoms with Gasteiger partial charge in [-0.25, -0.2) is 0 Å². The van der Waals surface area contributed by atoms with E-state index in [0.717, 1.165) is 13.0 Å². The van der Waals surface area contributed by atoms with Crippen molar-refractivity contribution in [2.75, 3.05) is 46.4 Å². The summed E-state index contributed by atoms with van der Waals surface area (Å²) in [5, 5.41) is 3.38. The van der Waals surface area contributed by atoms with Gasteiger partial charge in [-0.1, -0.05) is 6.42 Å². The highest BCUT2D eigenvalue weighted by Gasteiger charge is 2.30. The van der Waals surface area contributed by atoms with Gasteiger partial charge in [-0.3, -0.25) is 0 Å². The Morgan fingerprint density at radius 1 is 1.33 bits per heavy atom. The molecule has 2 aliphatic heterocycles. The van der Waals surface area contributed by atoms with E-state index in [-0.39, 0.29) is 0 Å². The van der Waals surface area contributed by atoms with Crippen molar-refractivity contribution in [3.63, 3.8) is 0 Å². The summed E-state index contributed by atoms with van der Waals surface area (Å²) in [7, 11) is -1.65. The van der Waals surface area contributed by atoms with Crippen LogP contribution in [-0.2, 0) is 14.9 Å². The maximum Gasteiger partial charge on any atom is 0.281 e. The van der Waals surface area contributed by atoms with Gasteiger partial charge in [-0.15, -0.1) is 0 Å². The molecule has 0 saturated carbocycles. The molecule has 0 aromatic heterocycles. The Balaban J connectivity index is 1.91. The Morgan fingerprint density at radius 3 is 2.67 bits per heavy atom. The quantitative estimate of drug-likeness (QED) is 0.762. The second kappa shape index (κ2) is 6.29. The van der Waals surface area contributed by atoms with Gasteiger partial charge < -0.3 is 10.1 Å². The third-order valence-corrected chi connectivity index (χ3v) is 5.53. The number of piperidine rings is 1. The van der Waals surface area contributed by atoms with E-state index < -0.39 is 10.2 Å². The summed E-state index contributed by atoms with van der Waals surface area (Å²) >= 11 is 0. The summed E-state index contributed by atoms with van der Waals surface area (Å²) in [6.45, 7) is 3.47. The smallest absolute Gasteiger partial charge is 0.281 e. The van der Waals surface area contributed by atoms with Crippen molar-refractivity contribution in [1.29, 1.82) is 0 Å². The van der Waals surface area contributed by atoms with Gasteiger partial charge in [0.25, 0.3) is 10.2 Å². The molecule has 7 heteroatoms. The molecule has 1 atom stereocenters.